The number of amides is 4. The van der Waals surface area contributed by atoms with Crippen molar-refractivity contribution < 1.29 is 37.8 Å². The Kier molecular flexibility index (Phi) is 9.07. The van der Waals surface area contributed by atoms with Gasteiger partial charge in [-0.15, -0.1) is 11.3 Å². The Labute approximate surface area is 233 Å². The molecule has 2 heterocycles. The van der Waals surface area contributed by atoms with Gasteiger partial charge in [-0.3, -0.25) is 9.59 Å². The third kappa shape index (κ3) is 6.26. The fourth-order valence-electron chi connectivity index (χ4n) is 4.21. The monoisotopic (exact) mass is 570 g/mol. The molecule has 2 aromatic carbocycles. The third-order valence-corrected chi connectivity index (χ3v) is 7.04. The summed E-state index contributed by atoms with van der Waals surface area (Å²) in [6, 6.07) is 8.93. The Morgan fingerprint density at radius 2 is 1.80 bits per heavy atom. The summed E-state index contributed by atoms with van der Waals surface area (Å²) in [6.45, 7) is 2.41. The van der Waals surface area contributed by atoms with E-state index in [1.807, 2.05) is 0 Å². The summed E-state index contributed by atoms with van der Waals surface area (Å²) < 4.78 is 28.8. The van der Waals surface area contributed by atoms with Gasteiger partial charge >= 0.3 is 12.0 Å². The van der Waals surface area contributed by atoms with Crippen LogP contribution in [-0.4, -0.2) is 67.2 Å². The van der Waals surface area contributed by atoms with E-state index in [0.717, 1.165) is 16.2 Å². The molecule has 0 bridgehead atoms. The van der Waals surface area contributed by atoms with E-state index in [-0.39, 0.29) is 10.8 Å². The number of carbonyl (C=O) groups excluding carboxylic acids is 4. The number of thiazole rings is 1. The van der Waals surface area contributed by atoms with E-state index in [2.05, 4.69) is 20.4 Å². The molecule has 4 amide bonds. The molecule has 1 saturated heterocycles. The van der Waals surface area contributed by atoms with Gasteiger partial charge in [-0.1, -0.05) is 31.2 Å². The second kappa shape index (κ2) is 12.7. The zero-order valence-electron chi connectivity index (χ0n) is 21.9. The van der Waals surface area contributed by atoms with E-state index in [0.29, 0.717) is 30.1 Å². The van der Waals surface area contributed by atoms with Crippen LogP contribution in [0.25, 0.3) is 0 Å². The van der Waals surface area contributed by atoms with Crippen molar-refractivity contribution in [3.63, 3.8) is 0 Å². The Balaban J connectivity index is 1.61. The average molecular weight is 571 g/mol. The molecule has 1 unspecified atom stereocenters. The van der Waals surface area contributed by atoms with Gasteiger partial charge in [-0.05, 0) is 35.4 Å². The van der Waals surface area contributed by atoms with E-state index < -0.39 is 47.6 Å². The number of carbonyl (C=O) groups is 4. The number of imide groups is 1. The van der Waals surface area contributed by atoms with Gasteiger partial charge in [-0.25, -0.2) is 23.9 Å². The third-order valence-electron chi connectivity index (χ3n) is 6.29. The molecule has 3 atom stereocenters. The smallest absolute Gasteiger partial charge is 0.357 e. The minimum Gasteiger partial charge on any atom is -0.491 e. The number of rotatable bonds is 11. The number of nitrogens with one attached hydrogen (secondary N) is 2. The molecule has 210 valence electrons. The van der Waals surface area contributed by atoms with Crippen molar-refractivity contribution in [3.05, 3.63) is 76.5 Å². The van der Waals surface area contributed by atoms with Crippen LogP contribution >= 0.6 is 11.3 Å². The van der Waals surface area contributed by atoms with Gasteiger partial charge in [0.2, 0.25) is 5.91 Å². The van der Waals surface area contributed by atoms with Gasteiger partial charge in [0, 0.05) is 18.4 Å². The number of methoxy groups -OCH3 is 2. The fourth-order valence-corrected chi connectivity index (χ4v) is 4.89. The van der Waals surface area contributed by atoms with Crippen molar-refractivity contribution in [2.75, 3.05) is 32.8 Å². The SMILES string of the molecule is COCCOc1ccc(C2NC(=O)N([C@H](C(=O)Nc3nc(C(=O)OC)cs3)[C@@H](C)c3ccc(F)cc3)C2=O)cc1. The first kappa shape index (κ1) is 28.6. The molecule has 0 aliphatic carbocycles. The molecule has 11 nitrogen and oxygen atoms in total. The first-order chi connectivity index (χ1) is 19.2. The largest absolute Gasteiger partial charge is 0.491 e. The van der Waals surface area contributed by atoms with Crippen LogP contribution < -0.4 is 15.4 Å². The highest BCUT2D eigenvalue weighted by molar-refractivity contribution is 7.14. The highest BCUT2D eigenvalue weighted by Crippen LogP contribution is 2.32. The van der Waals surface area contributed by atoms with Crippen molar-refractivity contribution in [1.82, 2.24) is 15.2 Å². The number of benzene rings is 2. The number of aromatic nitrogens is 1. The highest BCUT2D eigenvalue weighted by Gasteiger charge is 2.47. The number of esters is 1. The molecule has 1 aliphatic rings. The lowest BCUT2D eigenvalue weighted by Crippen LogP contribution is -2.50. The summed E-state index contributed by atoms with van der Waals surface area (Å²) in [6.07, 6.45) is 0. The first-order valence-corrected chi connectivity index (χ1v) is 13.1. The molecule has 40 heavy (non-hydrogen) atoms. The van der Waals surface area contributed by atoms with Gasteiger partial charge in [0.25, 0.3) is 5.91 Å². The summed E-state index contributed by atoms with van der Waals surface area (Å²) in [5.41, 5.74) is 1.02. The molecule has 13 heteroatoms. The van der Waals surface area contributed by atoms with Crippen LogP contribution in [0.15, 0.2) is 53.9 Å². The Morgan fingerprint density at radius 1 is 1.10 bits per heavy atom. The number of ether oxygens (including phenoxy) is 3. The molecule has 1 aromatic heterocycles. The average Bonchev–Trinajstić information content (AvgIpc) is 3.53. The van der Waals surface area contributed by atoms with Crippen LogP contribution in [-0.2, 0) is 19.1 Å². The number of urea groups is 1. The number of anilines is 1. The second-order valence-electron chi connectivity index (χ2n) is 8.80. The standard InChI is InChI=1S/C27H27FN4O7S/c1-15(16-4-8-18(28)9-5-16)22(23(33)31-26-29-20(14-40-26)25(35)38-3)32-24(34)21(30-27(32)36)17-6-10-19(11-7-17)39-13-12-37-2/h4-11,14-15,21-22H,12-13H2,1-3H3,(H,30,36)(H,29,31,33)/t15-,21?,22-/m0/s1. The molecule has 0 spiro atoms. The van der Waals surface area contributed by atoms with Crippen molar-refractivity contribution >= 4 is 40.3 Å². The van der Waals surface area contributed by atoms with Gasteiger partial charge in [0.15, 0.2) is 10.8 Å². The van der Waals surface area contributed by atoms with Crippen LogP contribution in [0.5, 0.6) is 5.75 Å². The maximum absolute atomic E-state index is 13.6. The number of hydrogen-bond acceptors (Lipinski definition) is 9. The predicted octanol–water partition coefficient (Wildman–Crippen LogP) is 3.50. The van der Waals surface area contributed by atoms with Crippen LogP contribution in [0.4, 0.5) is 14.3 Å². The molecule has 4 rings (SSSR count). The van der Waals surface area contributed by atoms with E-state index >= 15 is 0 Å². The molecule has 2 N–H and O–H groups in total. The van der Waals surface area contributed by atoms with Crippen LogP contribution in [0.1, 0.15) is 40.5 Å². The molecule has 1 fully saturated rings. The summed E-state index contributed by atoms with van der Waals surface area (Å²) in [5.74, 6) is -2.67. The Morgan fingerprint density at radius 3 is 2.45 bits per heavy atom. The van der Waals surface area contributed by atoms with E-state index in [4.69, 9.17) is 9.47 Å². The number of hydrogen-bond donors (Lipinski definition) is 2. The van der Waals surface area contributed by atoms with Gasteiger partial charge in [0.05, 0.1) is 13.7 Å². The lowest BCUT2D eigenvalue weighted by atomic mass is 9.91. The molecule has 0 radical (unpaired) electrons. The molecular weight excluding hydrogens is 543 g/mol. The van der Waals surface area contributed by atoms with E-state index in [9.17, 15) is 23.6 Å². The molecule has 3 aromatic rings. The van der Waals surface area contributed by atoms with E-state index in [1.54, 1.807) is 38.3 Å². The van der Waals surface area contributed by atoms with Crippen molar-refractivity contribution in [1.29, 1.82) is 0 Å². The van der Waals surface area contributed by atoms with Crippen molar-refractivity contribution in [2.45, 2.75) is 24.9 Å². The maximum Gasteiger partial charge on any atom is 0.357 e. The second-order valence-corrected chi connectivity index (χ2v) is 9.66. The van der Waals surface area contributed by atoms with Crippen molar-refractivity contribution in [2.24, 2.45) is 0 Å². The van der Waals surface area contributed by atoms with Crippen LogP contribution in [0.3, 0.4) is 0 Å². The van der Waals surface area contributed by atoms with Gasteiger partial charge < -0.3 is 24.8 Å². The summed E-state index contributed by atoms with van der Waals surface area (Å²) in [5, 5.41) is 6.73. The Bertz CT molecular complexity index is 1380. The Hall–Kier alpha value is -4.36. The summed E-state index contributed by atoms with van der Waals surface area (Å²) in [7, 11) is 2.77. The quantitative estimate of drug-likeness (QED) is 0.203. The number of nitrogens with zero attached hydrogens (tertiary/aromatic N) is 2. The lowest BCUT2D eigenvalue weighted by Gasteiger charge is -2.29. The zero-order valence-corrected chi connectivity index (χ0v) is 22.7. The maximum atomic E-state index is 13.6. The molecule has 0 saturated carbocycles. The summed E-state index contributed by atoms with van der Waals surface area (Å²) >= 11 is 0.981. The zero-order chi connectivity index (χ0) is 28.8. The normalized spacial score (nSPS) is 16.3. The van der Waals surface area contributed by atoms with Gasteiger partial charge in [0.1, 0.15) is 30.3 Å². The highest BCUT2D eigenvalue weighted by atomic mass is 32.1. The lowest BCUT2D eigenvalue weighted by molar-refractivity contribution is -0.134. The number of halogens is 1. The fraction of sp³-hybridized carbons (Fsp3) is 0.296. The minimum absolute atomic E-state index is 0.00404. The summed E-state index contributed by atoms with van der Waals surface area (Å²) in [4.78, 5) is 57.1. The van der Waals surface area contributed by atoms with Crippen LogP contribution in [0, 0.1) is 5.82 Å². The molecule has 1 aliphatic heterocycles. The van der Waals surface area contributed by atoms with Crippen LogP contribution in [0.2, 0.25) is 0 Å². The first-order valence-electron chi connectivity index (χ1n) is 12.2. The predicted molar refractivity (Wildman–Crippen MR) is 143 cm³/mol. The topological polar surface area (TPSA) is 136 Å². The van der Waals surface area contributed by atoms with E-state index in [1.165, 1.54) is 36.8 Å². The van der Waals surface area contributed by atoms with Crippen molar-refractivity contribution in [3.8, 4) is 5.75 Å². The van der Waals surface area contributed by atoms with Gasteiger partial charge in [-0.2, -0.15) is 0 Å². The molecular formula is C27H27FN4O7S. The minimum atomic E-state index is -1.33.